The number of nitrogens with one attached hydrogen (secondary N) is 2. The van der Waals surface area contributed by atoms with Crippen LogP contribution in [-0.4, -0.2) is 32.4 Å². The van der Waals surface area contributed by atoms with E-state index in [0.29, 0.717) is 27.7 Å². The predicted octanol–water partition coefficient (Wildman–Crippen LogP) is 3.32. The maximum absolute atomic E-state index is 12.8. The molecule has 0 saturated carbocycles. The summed E-state index contributed by atoms with van der Waals surface area (Å²) in [5.74, 6) is -0.196. The second-order valence-electron chi connectivity index (χ2n) is 6.60. The number of carbonyl (C=O) groups excluding carboxylic acids is 3. The van der Waals surface area contributed by atoms with Crippen molar-refractivity contribution in [3.63, 3.8) is 0 Å². The van der Waals surface area contributed by atoms with Crippen LogP contribution in [0.2, 0.25) is 5.02 Å². The summed E-state index contributed by atoms with van der Waals surface area (Å²) in [4.78, 5) is 40.6. The van der Waals surface area contributed by atoms with E-state index in [2.05, 4.69) is 20.7 Å². The van der Waals surface area contributed by atoms with Gasteiger partial charge in [-0.25, -0.2) is 4.68 Å². The number of anilines is 2. The SMILES string of the molecule is CC(=O)c1ccc(NC(=O)[C@@H]2CC(=O)Nc3nc(-c4ccc(Cl)cc4)nn32)cc1. The number of hydrogen-bond donors (Lipinski definition) is 2. The molecule has 1 aliphatic rings. The van der Waals surface area contributed by atoms with Crippen molar-refractivity contribution >= 4 is 40.8 Å². The third-order valence-corrected chi connectivity index (χ3v) is 4.77. The lowest BCUT2D eigenvalue weighted by Crippen LogP contribution is -2.36. The molecule has 0 bridgehead atoms. The molecule has 8 nitrogen and oxygen atoms in total. The maximum atomic E-state index is 12.8. The number of hydrogen-bond acceptors (Lipinski definition) is 5. The summed E-state index contributed by atoms with van der Waals surface area (Å²) in [6.07, 6.45) is -0.0617. The van der Waals surface area contributed by atoms with Crippen LogP contribution in [0.3, 0.4) is 0 Å². The molecule has 4 rings (SSSR count). The molecular formula is C20H16ClN5O3. The third-order valence-electron chi connectivity index (χ3n) is 4.52. The van der Waals surface area contributed by atoms with Crippen LogP contribution in [0.25, 0.3) is 11.4 Å². The van der Waals surface area contributed by atoms with Crippen LogP contribution >= 0.6 is 11.6 Å². The van der Waals surface area contributed by atoms with Crippen LogP contribution in [-0.2, 0) is 9.59 Å². The average molecular weight is 410 g/mol. The smallest absolute Gasteiger partial charge is 0.249 e. The number of rotatable bonds is 4. The van der Waals surface area contributed by atoms with Crippen molar-refractivity contribution < 1.29 is 14.4 Å². The molecule has 0 radical (unpaired) electrons. The number of fused-ring (bicyclic) bond motifs is 1. The van der Waals surface area contributed by atoms with E-state index in [-0.39, 0.29) is 24.1 Å². The zero-order valence-corrected chi connectivity index (χ0v) is 16.1. The Kier molecular flexibility index (Phi) is 4.85. The van der Waals surface area contributed by atoms with E-state index in [4.69, 9.17) is 11.6 Å². The maximum Gasteiger partial charge on any atom is 0.249 e. The van der Waals surface area contributed by atoms with Crippen LogP contribution in [0.5, 0.6) is 0 Å². The fraction of sp³-hybridized carbons (Fsp3) is 0.150. The average Bonchev–Trinajstić information content (AvgIpc) is 3.12. The van der Waals surface area contributed by atoms with Gasteiger partial charge in [-0.1, -0.05) is 11.6 Å². The Bertz CT molecular complexity index is 1110. The van der Waals surface area contributed by atoms with Gasteiger partial charge >= 0.3 is 0 Å². The van der Waals surface area contributed by atoms with Gasteiger partial charge in [-0.15, -0.1) is 5.10 Å². The lowest BCUT2D eigenvalue weighted by atomic mass is 10.1. The summed E-state index contributed by atoms with van der Waals surface area (Å²) >= 11 is 5.91. The Morgan fingerprint density at radius 3 is 2.48 bits per heavy atom. The van der Waals surface area contributed by atoms with Crippen molar-refractivity contribution in [1.29, 1.82) is 0 Å². The number of benzene rings is 2. The molecule has 0 aliphatic carbocycles. The lowest BCUT2D eigenvalue weighted by Gasteiger charge is -2.22. The summed E-state index contributed by atoms with van der Waals surface area (Å²) in [6, 6.07) is 12.6. The highest BCUT2D eigenvalue weighted by atomic mass is 35.5. The molecule has 2 aromatic carbocycles. The van der Waals surface area contributed by atoms with Crippen LogP contribution in [0, 0.1) is 0 Å². The van der Waals surface area contributed by atoms with E-state index in [9.17, 15) is 14.4 Å². The van der Waals surface area contributed by atoms with Gasteiger partial charge in [-0.05, 0) is 55.5 Å². The Morgan fingerprint density at radius 1 is 1.14 bits per heavy atom. The van der Waals surface area contributed by atoms with Gasteiger partial charge < -0.3 is 5.32 Å². The minimum absolute atomic E-state index is 0.0613. The highest BCUT2D eigenvalue weighted by Gasteiger charge is 2.33. The monoisotopic (exact) mass is 409 g/mol. The number of ketones is 1. The van der Waals surface area contributed by atoms with Gasteiger partial charge in [-0.2, -0.15) is 4.98 Å². The van der Waals surface area contributed by atoms with Crippen molar-refractivity contribution in [3.8, 4) is 11.4 Å². The molecular weight excluding hydrogens is 394 g/mol. The molecule has 1 aromatic heterocycles. The molecule has 1 atom stereocenters. The minimum Gasteiger partial charge on any atom is -0.324 e. The first kappa shape index (κ1) is 18.8. The zero-order valence-electron chi connectivity index (χ0n) is 15.3. The zero-order chi connectivity index (χ0) is 20.5. The number of nitrogens with zero attached hydrogens (tertiary/aromatic N) is 3. The first-order valence-corrected chi connectivity index (χ1v) is 9.23. The molecule has 3 aromatic rings. The van der Waals surface area contributed by atoms with Crippen molar-refractivity contribution in [1.82, 2.24) is 14.8 Å². The summed E-state index contributed by atoms with van der Waals surface area (Å²) in [5.41, 5.74) is 1.78. The highest BCUT2D eigenvalue weighted by molar-refractivity contribution is 6.30. The molecule has 0 saturated heterocycles. The van der Waals surface area contributed by atoms with Crippen molar-refractivity contribution in [3.05, 3.63) is 59.1 Å². The number of halogens is 1. The Labute approximate surface area is 170 Å². The van der Waals surface area contributed by atoms with Crippen molar-refractivity contribution in [2.24, 2.45) is 0 Å². The number of Topliss-reactive ketones (excluding diaryl/α,β-unsaturated/α-hetero) is 1. The van der Waals surface area contributed by atoms with E-state index >= 15 is 0 Å². The molecule has 9 heteroatoms. The molecule has 2 heterocycles. The van der Waals surface area contributed by atoms with Gasteiger partial charge in [0, 0.05) is 21.8 Å². The van der Waals surface area contributed by atoms with E-state index in [1.54, 1.807) is 48.5 Å². The molecule has 2 N–H and O–H groups in total. The van der Waals surface area contributed by atoms with Gasteiger partial charge in [0.25, 0.3) is 0 Å². The first-order chi connectivity index (χ1) is 13.9. The number of carbonyl (C=O) groups is 3. The second-order valence-corrected chi connectivity index (χ2v) is 7.04. The normalized spacial score (nSPS) is 15.4. The Morgan fingerprint density at radius 2 is 1.83 bits per heavy atom. The summed E-state index contributed by atoms with van der Waals surface area (Å²) in [5, 5.41) is 10.4. The van der Waals surface area contributed by atoms with Crippen LogP contribution in [0.15, 0.2) is 48.5 Å². The molecule has 0 fully saturated rings. The van der Waals surface area contributed by atoms with Crippen LogP contribution < -0.4 is 10.6 Å². The van der Waals surface area contributed by atoms with E-state index in [1.807, 2.05) is 0 Å². The van der Waals surface area contributed by atoms with Crippen LogP contribution in [0.4, 0.5) is 11.6 Å². The van der Waals surface area contributed by atoms with E-state index in [0.717, 1.165) is 0 Å². The van der Waals surface area contributed by atoms with E-state index < -0.39 is 11.9 Å². The lowest BCUT2D eigenvalue weighted by molar-refractivity contribution is -0.125. The van der Waals surface area contributed by atoms with Crippen LogP contribution in [0.1, 0.15) is 29.7 Å². The van der Waals surface area contributed by atoms with E-state index in [1.165, 1.54) is 11.6 Å². The van der Waals surface area contributed by atoms with Gasteiger partial charge in [0.1, 0.15) is 6.04 Å². The minimum atomic E-state index is -0.847. The highest BCUT2D eigenvalue weighted by Crippen LogP contribution is 2.28. The van der Waals surface area contributed by atoms with Gasteiger partial charge in [0.2, 0.25) is 17.8 Å². The summed E-state index contributed by atoms with van der Waals surface area (Å²) in [6.45, 7) is 1.47. The fourth-order valence-electron chi connectivity index (χ4n) is 3.00. The first-order valence-electron chi connectivity index (χ1n) is 8.85. The van der Waals surface area contributed by atoms with Gasteiger partial charge in [-0.3, -0.25) is 19.7 Å². The standard InChI is InChI=1S/C20H16ClN5O3/c1-11(27)12-4-8-15(9-5-12)22-19(29)16-10-17(28)23-20-24-18(25-26(16)20)13-2-6-14(21)7-3-13/h2-9,16H,10H2,1H3,(H,22,29)(H,23,24,25,28)/t16-/m0/s1. The third kappa shape index (κ3) is 3.88. The molecule has 146 valence electrons. The quantitative estimate of drug-likeness (QED) is 0.643. The second kappa shape index (κ2) is 7.48. The van der Waals surface area contributed by atoms with Gasteiger partial charge in [0.15, 0.2) is 11.6 Å². The Balaban J connectivity index is 1.60. The number of amides is 2. The molecule has 1 aliphatic heterocycles. The molecule has 0 spiro atoms. The number of aromatic nitrogens is 3. The predicted molar refractivity (Wildman–Crippen MR) is 108 cm³/mol. The fourth-order valence-corrected chi connectivity index (χ4v) is 3.13. The molecule has 2 amide bonds. The topological polar surface area (TPSA) is 106 Å². The molecule has 0 unspecified atom stereocenters. The summed E-state index contributed by atoms with van der Waals surface area (Å²) < 4.78 is 1.41. The largest absolute Gasteiger partial charge is 0.324 e. The van der Waals surface area contributed by atoms with Crippen molar-refractivity contribution in [2.45, 2.75) is 19.4 Å². The Hall–Kier alpha value is -3.52. The molecule has 29 heavy (non-hydrogen) atoms. The summed E-state index contributed by atoms with van der Waals surface area (Å²) in [7, 11) is 0. The van der Waals surface area contributed by atoms with Crippen molar-refractivity contribution in [2.75, 3.05) is 10.6 Å². The van der Waals surface area contributed by atoms with Gasteiger partial charge in [0.05, 0.1) is 6.42 Å².